The van der Waals surface area contributed by atoms with E-state index in [0.717, 1.165) is 24.5 Å². The Hall–Kier alpha value is -1.85. The highest BCUT2D eigenvalue weighted by Gasteiger charge is 2.29. The maximum Gasteiger partial charge on any atom is 0.229 e. The van der Waals surface area contributed by atoms with Crippen LogP contribution in [-0.4, -0.2) is 19.9 Å². The van der Waals surface area contributed by atoms with Gasteiger partial charge in [-0.15, -0.1) is 0 Å². The molecule has 6 nitrogen and oxygen atoms in total. The molecule has 0 unspecified atom stereocenters. The van der Waals surface area contributed by atoms with Crippen molar-refractivity contribution in [2.24, 2.45) is 0 Å². The Kier molecular flexibility index (Phi) is 2.77. The highest BCUT2D eigenvalue weighted by atomic mass is 16.5. The molecule has 2 heterocycles. The van der Waals surface area contributed by atoms with Crippen LogP contribution in [0.25, 0.3) is 0 Å². The zero-order valence-corrected chi connectivity index (χ0v) is 10.5. The third-order valence-electron chi connectivity index (χ3n) is 2.89. The van der Waals surface area contributed by atoms with Crippen LogP contribution in [0.2, 0.25) is 0 Å². The molecule has 2 aromatic heterocycles. The lowest BCUT2D eigenvalue weighted by atomic mass is 10.4. The summed E-state index contributed by atoms with van der Waals surface area (Å²) in [6.45, 7) is 4.45. The van der Waals surface area contributed by atoms with Gasteiger partial charge in [0.05, 0.1) is 12.4 Å². The molecule has 6 heteroatoms. The van der Waals surface area contributed by atoms with E-state index in [0.29, 0.717) is 24.4 Å². The lowest BCUT2D eigenvalue weighted by molar-refractivity contribution is 0.284. The van der Waals surface area contributed by atoms with Gasteiger partial charge in [0.25, 0.3) is 0 Å². The summed E-state index contributed by atoms with van der Waals surface area (Å²) in [5, 5.41) is 8.09. The fraction of sp³-hybridized carbons (Fsp3) is 0.583. The summed E-state index contributed by atoms with van der Waals surface area (Å²) in [6, 6.07) is 0.328. The molecule has 0 atom stereocenters. The number of nitrogens with zero attached hydrogens (tertiary/aromatic N) is 4. The summed E-state index contributed by atoms with van der Waals surface area (Å²) >= 11 is 0. The zero-order valence-electron chi connectivity index (χ0n) is 10.5. The van der Waals surface area contributed by atoms with Crippen LogP contribution < -0.4 is 4.74 Å². The van der Waals surface area contributed by atoms with E-state index in [2.05, 4.69) is 29.1 Å². The molecule has 96 valence electrons. The summed E-state index contributed by atoms with van der Waals surface area (Å²) in [7, 11) is 0. The molecule has 18 heavy (non-hydrogen) atoms. The molecular formula is C12H16N4O2. The molecule has 0 amide bonds. The maximum absolute atomic E-state index is 5.57. The van der Waals surface area contributed by atoms with Crippen LogP contribution in [0.1, 0.15) is 50.4 Å². The molecule has 0 aliphatic heterocycles. The van der Waals surface area contributed by atoms with Crippen molar-refractivity contribution >= 4 is 0 Å². The van der Waals surface area contributed by atoms with E-state index in [1.165, 1.54) is 0 Å². The minimum atomic E-state index is 0.319. The number of hydrogen-bond acceptors (Lipinski definition) is 5. The Balaban J connectivity index is 1.58. The first-order valence-corrected chi connectivity index (χ1v) is 6.22. The first kappa shape index (κ1) is 11.3. The SMILES string of the molecule is CC(C)n1cc(OCc2noc(C3CC3)n2)cn1. The van der Waals surface area contributed by atoms with Crippen molar-refractivity contribution in [3.63, 3.8) is 0 Å². The summed E-state index contributed by atoms with van der Waals surface area (Å²) in [6.07, 6.45) is 5.88. The monoisotopic (exact) mass is 248 g/mol. The highest BCUT2D eigenvalue weighted by Crippen LogP contribution is 2.38. The second-order valence-corrected chi connectivity index (χ2v) is 4.86. The molecule has 0 bridgehead atoms. The molecule has 1 aliphatic carbocycles. The first-order chi connectivity index (χ1) is 8.72. The number of aromatic nitrogens is 4. The molecule has 0 spiro atoms. The van der Waals surface area contributed by atoms with Gasteiger partial charge < -0.3 is 9.26 Å². The van der Waals surface area contributed by atoms with E-state index < -0.39 is 0 Å². The van der Waals surface area contributed by atoms with Gasteiger partial charge in [-0.05, 0) is 26.7 Å². The number of rotatable bonds is 5. The summed E-state index contributed by atoms with van der Waals surface area (Å²) in [4.78, 5) is 4.30. The summed E-state index contributed by atoms with van der Waals surface area (Å²) in [5.74, 6) is 2.54. The zero-order chi connectivity index (χ0) is 12.5. The third-order valence-corrected chi connectivity index (χ3v) is 2.89. The van der Waals surface area contributed by atoms with Gasteiger partial charge in [0.1, 0.15) is 0 Å². The third kappa shape index (κ3) is 2.37. The molecule has 2 aromatic rings. The van der Waals surface area contributed by atoms with Crippen LogP contribution in [0.4, 0.5) is 0 Å². The molecule has 1 aliphatic rings. The van der Waals surface area contributed by atoms with Crippen LogP contribution >= 0.6 is 0 Å². The van der Waals surface area contributed by atoms with Crippen LogP contribution in [0.5, 0.6) is 5.75 Å². The van der Waals surface area contributed by atoms with Gasteiger partial charge in [0, 0.05) is 12.0 Å². The Morgan fingerprint density at radius 1 is 1.50 bits per heavy atom. The fourth-order valence-corrected chi connectivity index (χ4v) is 1.65. The predicted octanol–water partition coefficient (Wildman–Crippen LogP) is 2.30. The molecule has 0 saturated heterocycles. The summed E-state index contributed by atoms with van der Waals surface area (Å²) in [5.41, 5.74) is 0. The van der Waals surface area contributed by atoms with Crippen molar-refractivity contribution in [3.05, 3.63) is 24.1 Å². The second kappa shape index (κ2) is 4.44. The van der Waals surface area contributed by atoms with Gasteiger partial charge >= 0.3 is 0 Å². The standard InChI is InChI=1S/C12H16N4O2/c1-8(2)16-6-10(5-13-16)17-7-11-14-12(18-15-11)9-3-4-9/h5-6,8-9H,3-4,7H2,1-2H3. The largest absolute Gasteiger partial charge is 0.482 e. The van der Waals surface area contributed by atoms with Crippen molar-refractivity contribution < 1.29 is 9.26 Å². The van der Waals surface area contributed by atoms with E-state index in [1.54, 1.807) is 6.20 Å². The lowest BCUT2D eigenvalue weighted by Gasteiger charge is -2.03. The van der Waals surface area contributed by atoms with E-state index in [4.69, 9.17) is 9.26 Å². The Morgan fingerprint density at radius 2 is 2.33 bits per heavy atom. The quantitative estimate of drug-likeness (QED) is 0.812. The number of ether oxygens (including phenoxy) is 1. The molecule has 1 saturated carbocycles. The van der Waals surface area contributed by atoms with Crippen molar-refractivity contribution in [2.45, 2.75) is 45.3 Å². The van der Waals surface area contributed by atoms with Gasteiger partial charge in [0.2, 0.25) is 11.7 Å². The average Bonchev–Trinajstić information content (AvgIpc) is 2.92. The number of hydrogen-bond donors (Lipinski definition) is 0. The molecule has 0 N–H and O–H groups in total. The molecule has 3 rings (SSSR count). The molecule has 0 radical (unpaired) electrons. The Morgan fingerprint density at radius 3 is 3.00 bits per heavy atom. The van der Waals surface area contributed by atoms with Crippen LogP contribution in [0.3, 0.4) is 0 Å². The first-order valence-electron chi connectivity index (χ1n) is 6.22. The predicted molar refractivity (Wildman–Crippen MR) is 63.2 cm³/mol. The fourth-order valence-electron chi connectivity index (χ4n) is 1.65. The normalized spacial score (nSPS) is 15.3. The Bertz CT molecular complexity index is 487. The van der Waals surface area contributed by atoms with E-state index in [9.17, 15) is 0 Å². The van der Waals surface area contributed by atoms with Crippen molar-refractivity contribution in [1.29, 1.82) is 0 Å². The summed E-state index contributed by atoms with van der Waals surface area (Å²) < 4.78 is 12.6. The maximum atomic E-state index is 5.57. The van der Waals surface area contributed by atoms with Crippen molar-refractivity contribution in [3.8, 4) is 5.75 Å². The highest BCUT2D eigenvalue weighted by molar-refractivity contribution is 5.12. The topological polar surface area (TPSA) is 66.0 Å². The van der Waals surface area contributed by atoms with Gasteiger partial charge in [-0.3, -0.25) is 4.68 Å². The van der Waals surface area contributed by atoms with Crippen molar-refractivity contribution in [2.75, 3.05) is 0 Å². The smallest absolute Gasteiger partial charge is 0.229 e. The van der Waals surface area contributed by atoms with Crippen LogP contribution in [0, 0.1) is 0 Å². The van der Waals surface area contributed by atoms with E-state index >= 15 is 0 Å². The molecular weight excluding hydrogens is 232 g/mol. The van der Waals surface area contributed by atoms with Crippen LogP contribution in [-0.2, 0) is 6.61 Å². The minimum absolute atomic E-state index is 0.319. The van der Waals surface area contributed by atoms with Crippen LogP contribution in [0.15, 0.2) is 16.9 Å². The minimum Gasteiger partial charge on any atom is -0.482 e. The van der Waals surface area contributed by atoms with Gasteiger partial charge in [-0.25, -0.2) is 0 Å². The molecule has 1 fully saturated rings. The Labute approximate surface area is 105 Å². The second-order valence-electron chi connectivity index (χ2n) is 4.86. The van der Waals surface area contributed by atoms with E-state index in [1.807, 2.05) is 10.9 Å². The molecule has 0 aromatic carbocycles. The lowest BCUT2D eigenvalue weighted by Crippen LogP contribution is -2.00. The van der Waals surface area contributed by atoms with E-state index in [-0.39, 0.29) is 0 Å². The van der Waals surface area contributed by atoms with Gasteiger partial charge in [-0.2, -0.15) is 10.1 Å². The van der Waals surface area contributed by atoms with Crippen molar-refractivity contribution in [1.82, 2.24) is 19.9 Å². The average molecular weight is 248 g/mol. The van der Waals surface area contributed by atoms with Gasteiger partial charge in [-0.1, -0.05) is 5.16 Å². The van der Waals surface area contributed by atoms with Gasteiger partial charge in [0.15, 0.2) is 12.4 Å².